The molecule has 2 aromatic rings. The summed E-state index contributed by atoms with van der Waals surface area (Å²) in [4.78, 5) is 11.7. The van der Waals surface area contributed by atoms with E-state index in [0.29, 0.717) is 17.9 Å². The van der Waals surface area contributed by atoms with E-state index >= 15 is 0 Å². The van der Waals surface area contributed by atoms with E-state index in [4.69, 9.17) is 14.9 Å². The molecule has 0 bridgehead atoms. The molecule has 0 amide bonds. The molecule has 18 heavy (non-hydrogen) atoms. The predicted molar refractivity (Wildman–Crippen MR) is 70.9 cm³/mol. The van der Waals surface area contributed by atoms with Crippen LogP contribution in [0.5, 0.6) is 0 Å². The van der Waals surface area contributed by atoms with Crippen LogP contribution in [0, 0.1) is 6.92 Å². The zero-order chi connectivity index (χ0) is 13.3. The first kappa shape index (κ1) is 12.3. The molecule has 0 aliphatic heterocycles. The van der Waals surface area contributed by atoms with Crippen molar-refractivity contribution >= 4 is 28.3 Å². The number of hydrogen-bond donors (Lipinski definition) is 2. The number of hydrogen-bond acceptors (Lipinski definition) is 5. The fraction of sp³-hybridized carbons (Fsp3) is 0.308. The summed E-state index contributed by atoms with van der Waals surface area (Å²) in [5, 5.41) is 3.80. The van der Waals surface area contributed by atoms with Gasteiger partial charge in [0, 0.05) is 24.1 Å². The highest BCUT2D eigenvalue weighted by molar-refractivity contribution is 5.98. The molecule has 0 radical (unpaired) electrons. The van der Waals surface area contributed by atoms with Gasteiger partial charge in [-0.1, -0.05) is 0 Å². The maximum absolute atomic E-state index is 11.7. The molecule has 0 fully saturated rings. The van der Waals surface area contributed by atoms with E-state index in [0.717, 1.165) is 16.6 Å². The molecule has 96 valence electrons. The molecular formula is C13H16N2O3. The van der Waals surface area contributed by atoms with Crippen molar-refractivity contribution in [1.29, 1.82) is 0 Å². The molecule has 0 unspecified atom stereocenters. The van der Waals surface area contributed by atoms with Gasteiger partial charge in [-0.15, -0.1) is 0 Å². The first-order valence-corrected chi connectivity index (χ1v) is 5.76. The standard InChI is InChI=1S/C13H16N2O3/c1-4-17-13(16)12-7(2)8-5-9(14)10(15-3)6-11(8)18-12/h5-6,15H,4,14H2,1-3H3. The Labute approximate surface area is 105 Å². The maximum atomic E-state index is 11.7. The number of nitrogen functional groups attached to an aromatic ring is 1. The molecule has 2 rings (SSSR count). The van der Waals surface area contributed by atoms with Crippen molar-refractivity contribution in [3.8, 4) is 0 Å². The van der Waals surface area contributed by atoms with E-state index in [-0.39, 0.29) is 5.76 Å². The maximum Gasteiger partial charge on any atom is 0.374 e. The molecule has 0 saturated heterocycles. The number of rotatable bonds is 3. The molecule has 0 aliphatic rings. The SMILES string of the molecule is CCOC(=O)c1oc2cc(NC)c(N)cc2c1C. The topological polar surface area (TPSA) is 77.5 Å². The third-order valence-corrected chi connectivity index (χ3v) is 2.84. The Morgan fingerprint density at radius 3 is 2.83 bits per heavy atom. The third-order valence-electron chi connectivity index (χ3n) is 2.84. The zero-order valence-electron chi connectivity index (χ0n) is 10.7. The van der Waals surface area contributed by atoms with Crippen LogP contribution in [0.1, 0.15) is 23.0 Å². The van der Waals surface area contributed by atoms with Crippen LogP contribution in [0.4, 0.5) is 11.4 Å². The number of carbonyl (C=O) groups excluding carboxylic acids is 1. The van der Waals surface area contributed by atoms with Gasteiger partial charge < -0.3 is 20.2 Å². The Balaban J connectivity index is 2.59. The van der Waals surface area contributed by atoms with Gasteiger partial charge >= 0.3 is 5.97 Å². The summed E-state index contributed by atoms with van der Waals surface area (Å²) in [5.41, 5.74) is 8.64. The molecule has 3 N–H and O–H groups in total. The van der Waals surface area contributed by atoms with Crippen molar-refractivity contribution in [2.24, 2.45) is 0 Å². The third kappa shape index (κ3) is 1.88. The van der Waals surface area contributed by atoms with Gasteiger partial charge in [0.25, 0.3) is 0 Å². The Kier molecular flexibility index (Phi) is 3.14. The average molecular weight is 248 g/mol. The van der Waals surface area contributed by atoms with E-state index in [1.807, 2.05) is 6.92 Å². The highest BCUT2D eigenvalue weighted by Gasteiger charge is 2.19. The molecule has 0 atom stereocenters. The number of fused-ring (bicyclic) bond motifs is 1. The van der Waals surface area contributed by atoms with Gasteiger partial charge in [0.15, 0.2) is 0 Å². The van der Waals surface area contributed by atoms with Crippen LogP contribution in [-0.4, -0.2) is 19.6 Å². The lowest BCUT2D eigenvalue weighted by molar-refractivity contribution is 0.0491. The van der Waals surface area contributed by atoms with Gasteiger partial charge in [-0.25, -0.2) is 4.79 Å². The second-order valence-corrected chi connectivity index (χ2v) is 3.96. The second-order valence-electron chi connectivity index (χ2n) is 3.96. The summed E-state index contributed by atoms with van der Waals surface area (Å²) in [7, 11) is 1.78. The summed E-state index contributed by atoms with van der Waals surface area (Å²) in [6.45, 7) is 3.89. The van der Waals surface area contributed by atoms with Crippen molar-refractivity contribution in [3.63, 3.8) is 0 Å². The fourth-order valence-corrected chi connectivity index (χ4v) is 1.89. The minimum atomic E-state index is -0.448. The summed E-state index contributed by atoms with van der Waals surface area (Å²) >= 11 is 0. The van der Waals surface area contributed by atoms with Gasteiger partial charge in [0.1, 0.15) is 5.58 Å². The van der Waals surface area contributed by atoms with Crippen molar-refractivity contribution in [2.75, 3.05) is 24.7 Å². The summed E-state index contributed by atoms with van der Waals surface area (Å²) in [6, 6.07) is 3.57. The molecule has 1 aromatic heterocycles. The average Bonchev–Trinajstić information content (AvgIpc) is 2.66. The summed E-state index contributed by atoms with van der Waals surface area (Å²) in [5.74, 6) is -0.213. The van der Waals surface area contributed by atoms with Gasteiger partial charge in [-0.2, -0.15) is 0 Å². The van der Waals surface area contributed by atoms with Gasteiger partial charge in [-0.3, -0.25) is 0 Å². The monoisotopic (exact) mass is 248 g/mol. The van der Waals surface area contributed by atoms with Crippen LogP contribution in [0.25, 0.3) is 11.0 Å². The summed E-state index contributed by atoms with van der Waals surface area (Å²) in [6.07, 6.45) is 0. The minimum absolute atomic E-state index is 0.236. The lowest BCUT2D eigenvalue weighted by Gasteiger charge is -2.03. The van der Waals surface area contributed by atoms with Gasteiger partial charge in [0.2, 0.25) is 5.76 Å². The van der Waals surface area contributed by atoms with Crippen LogP contribution >= 0.6 is 0 Å². The van der Waals surface area contributed by atoms with Crippen molar-refractivity contribution < 1.29 is 13.9 Å². The molecule has 0 aliphatic carbocycles. The van der Waals surface area contributed by atoms with E-state index < -0.39 is 5.97 Å². The van der Waals surface area contributed by atoms with E-state index in [9.17, 15) is 4.79 Å². The number of aryl methyl sites for hydroxylation is 1. The number of benzene rings is 1. The molecule has 0 saturated carbocycles. The van der Waals surface area contributed by atoms with Gasteiger partial charge in [0.05, 0.1) is 18.0 Å². The van der Waals surface area contributed by atoms with Crippen LogP contribution in [0.2, 0.25) is 0 Å². The minimum Gasteiger partial charge on any atom is -0.460 e. The highest BCUT2D eigenvalue weighted by Crippen LogP contribution is 2.32. The molecule has 0 spiro atoms. The first-order chi connectivity index (χ1) is 8.58. The number of nitrogens with one attached hydrogen (secondary N) is 1. The van der Waals surface area contributed by atoms with E-state index in [1.54, 1.807) is 26.1 Å². The first-order valence-electron chi connectivity index (χ1n) is 5.76. The Morgan fingerprint density at radius 2 is 2.22 bits per heavy atom. The highest BCUT2D eigenvalue weighted by atomic mass is 16.5. The Morgan fingerprint density at radius 1 is 1.50 bits per heavy atom. The van der Waals surface area contributed by atoms with Crippen LogP contribution in [0.15, 0.2) is 16.5 Å². The molecular weight excluding hydrogens is 232 g/mol. The molecule has 5 nitrogen and oxygen atoms in total. The number of ether oxygens (including phenoxy) is 1. The lowest BCUT2D eigenvalue weighted by Crippen LogP contribution is -2.04. The number of furan rings is 1. The fourth-order valence-electron chi connectivity index (χ4n) is 1.89. The Hall–Kier alpha value is -2.17. The predicted octanol–water partition coefficient (Wildman–Crippen LogP) is 2.54. The second kappa shape index (κ2) is 4.60. The normalized spacial score (nSPS) is 10.6. The van der Waals surface area contributed by atoms with Crippen molar-refractivity contribution in [1.82, 2.24) is 0 Å². The van der Waals surface area contributed by atoms with Gasteiger partial charge in [-0.05, 0) is 19.9 Å². The molecule has 1 heterocycles. The van der Waals surface area contributed by atoms with Crippen LogP contribution in [-0.2, 0) is 4.74 Å². The number of carbonyl (C=O) groups is 1. The van der Waals surface area contributed by atoms with Crippen molar-refractivity contribution in [2.45, 2.75) is 13.8 Å². The lowest BCUT2D eigenvalue weighted by atomic mass is 10.1. The summed E-state index contributed by atoms with van der Waals surface area (Å²) < 4.78 is 10.5. The molecule has 5 heteroatoms. The largest absolute Gasteiger partial charge is 0.460 e. The Bertz CT molecular complexity index is 602. The van der Waals surface area contributed by atoms with E-state index in [1.165, 1.54) is 0 Å². The van der Waals surface area contributed by atoms with Crippen LogP contribution < -0.4 is 11.1 Å². The number of nitrogens with two attached hydrogens (primary N) is 1. The molecule has 1 aromatic carbocycles. The van der Waals surface area contributed by atoms with Crippen LogP contribution in [0.3, 0.4) is 0 Å². The van der Waals surface area contributed by atoms with Crippen molar-refractivity contribution in [3.05, 3.63) is 23.5 Å². The van der Waals surface area contributed by atoms with E-state index in [2.05, 4.69) is 5.32 Å². The smallest absolute Gasteiger partial charge is 0.374 e. The quantitative estimate of drug-likeness (QED) is 0.644. The zero-order valence-corrected chi connectivity index (χ0v) is 10.7. The number of anilines is 2. The number of esters is 1.